The van der Waals surface area contributed by atoms with Crippen molar-refractivity contribution in [3.05, 3.63) is 0 Å². The van der Waals surface area contributed by atoms with E-state index in [0.29, 0.717) is 6.04 Å². The van der Waals surface area contributed by atoms with Gasteiger partial charge in [-0.15, -0.1) is 12.4 Å². The number of hydrogen-bond acceptors (Lipinski definition) is 2. The van der Waals surface area contributed by atoms with Crippen molar-refractivity contribution in [2.45, 2.75) is 77.4 Å². The Bertz CT molecular complexity index is 183. The Morgan fingerprint density at radius 1 is 1.12 bits per heavy atom. The molecule has 104 valence electrons. The van der Waals surface area contributed by atoms with E-state index in [4.69, 9.17) is 0 Å². The zero-order chi connectivity index (χ0) is 12.0. The quantitative estimate of drug-likeness (QED) is 0.819. The molecule has 1 heterocycles. The zero-order valence-electron chi connectivity index (χ0n) is 11.7. The van der Waals surface area contributed by atoms with Gasteiger partial charge in [0.25, 0.3) is 0 Å². The van der Waals surface area contributed by atoms with Gasteiger partial charge in [-0.3, -0.25) is 0 Å². The molecule has 1 N–H and O–H groups in total. The molecule has 0 amide bonds. The molecule has 1 saturated heterocycles. The fourth-order valence-corrected chi connectivity index (χ4v) is 2.55. The molecule has 1 aliphatic rings. The lowest BCUT2D eigenvalue weighted by Gasteiger charge is -2.28. The maximum absolute atomic E-state index is 9.67. The Hall–Kier alpha value is 0.210. The monoisotopic (exact) mass is 263 g/mol. The number of likely N-dealkylation sites (tertiary alicyclic amines) is 1. The van der Waals surface area contributed by atoms with Crippen LogP contribution in [0.2, 0.25) is 0 Å². The molecule has 0 aromatic heterocycles. The maximum Gasteiger partial charge on any atom is 0.0591 e. The van der Waals surface area contributed by atoms with E-state index in [1.54, 1.807) is 0 Å². The maximum atomic E-state index is 9.67. The van der Waals surface area contributed by atoms with Crippen LogP contribution < -0.4 is 0 Å². The summed E-state index contributed by atoms with van der Waals surface area (Å²) in [4.78, 5) is 2.64. The van der Waals surface area contributed by atoms with Crippen LogP contribution in [-0.2, 0) is 0 Å². The van der Waals surface area contributed by atoms with E-state index >= 15 is 0 Å². The highest BCUT2D eigenvalue weighted by Crippen LogP contribution is 2.18. The fraction of sp³-hybridized carbons (Fsp3) is 1.00. The highest BCUT2D eigenvalue weighted by Gasteiger charge is 2.17. The first-order valence-electron chi connectivity index (χ1n) is 6.95. The van der Waals surface area contributed by atoms with Crippen LogP contribution in [0.5, 0.6) is 0 Å². The molecule has 17 heavy (non-hydrogen) atoms. The van der Waals surface area contributed by atoms with Gasteiger partial charge in [0.2, 0.25) is 0 Å². The van der Waals surface area contributed by atoms with Crippen molar-refractivity contribution in [3.8, 4) is 0 Å². The highest BCUT2D eigenvalue weighted by atomic mass is 35.5. The Morgan fingerprint density at radius 2 is 1.65 bits per heavy atom. The lowest BCUT2D eigenvalue weighted by atomic mass is 9.99. The number of nitrogens with zero attached hydrogens (tertiary/aromatic N) is 1. The number of hydrogen-bond donors (Lipinski definition) is 1. The van der Waals surface area contributed by atoms with Crippen LogP contribution in [0.3, 0.4) is 0 Å². The van der Waals surface area contributed by atoms with E-state index in [1.807, 2.05) is 13.8 Å². The Labute approximate surface area is 113 Å². The summed E-state index contributed by atoms with van der Waals surface area (Å²) in [5.74, 6) is 0. The van der Waals surface area contributed by atoms with Crippen LogP contribution in [0.25, 0.3) is 0 Å². The molecule has 0 aliphatic carbocycles. The van der Waals surface area contributed by atoms with E-state index < -0.39 is 5.60 Å². The summed E-state index contributed by atoms with van der Waals surface area (Å²) in [5, 5.41) is 9.67. The minimum atomic E-state index is -0.488. The molecule has 0 spiro atoms. The molecule has 0 aromatic rings. The lowest BCUT2D eigenvalue weighted by molar-refractivity contribution is 0.0651. The second kappa shape index (κ2) is 8.34. The molecule has 0 radical (unpaired) electrons. The molecule has 3 heteroatoms. The molecule has 1 rings (SSSR count). The second-order valence-electron chi connectivity index (χ2n) is 6.00. The van der Waals surface area contributed by atoms with E-state index in [2.05, 4.69) is 11.8 Å². The van der Waals surface area contributed by atoms with Crippen LogP contribution in [0, 0.1) is 0 Å². The molecule has 1 atom stereocenters. The van der Waals surface area contributed by atoms with E-state index in [9.17, 15) is 5.11 Å². The first kappa shape index (κ1) is 17.2. The van der Waals surface area contributed by atoms with Gasteiger partial charge < -0.3 is 10.0 Å². The van der Waals surface area contributed by atoms with E-state index in [0.717, 1.165) is 12.8 Å². The van der Waals surface area contributed by atoms with Crippen molar-refractivity contribution in [2.24, 2.45) is 0 Å². The average molecular weight is 264 g/mol. The van der Waals surface area contributed by atoms with E-state index in [1.165, 1.54) is 45.2 Å². The molecular formula is C14H30ClNO. The SMILES string of the molecule is CC(CCCC(C)(C)O)N1CCCCCC1.Cl. The third-order valence-corrected chi connectivity index (χ3v) is 3.67. The summed E-state index contributed by atoms with van der Waals surface area (Å²) in [5.41, 5.74) is -0.488. The van der Waals surface area contributed by atoms with Crippen molar-refractivity contribution in [1.29, 1.82) is 0 Å². The molecule has 0 aromatic carbocycles. The van der Waals surface area contributed by atoms with Gasteiger partial charge in [-0.2, -0.15) is 0 Å². The van der Waals surface area contributed by atoms with Gasteiger partial charge in [-0.05, 0) is 66.0 Å². The summed E-state index contributed by atoms with van der Waals surface area (Å²) in [7, 11) is 0. The average Bonchev–Trinajstić information content (AvgIpc) is 2.43. The third-order valence-electron chi connectivity index (χ3n) is 3.67. The van der Waals surface area contributed by atoms with E-state index in [-0.39, 0.29) is 12.4 Å². The number of rotatable bonds is 5. The third kappa shape index (κ3) is 8.01. The largest absolute Gasteiger partial charge is 0.390 e. The Kier molecular flexibility index (Phi) is 8.44. The van der Waals surface area contributed by atoms with Gasteiger partial charge in [-0.1, -0.05) is 12.8 Å². The van der Waals surface area contributed by atoms with Crippen molar-refractivity contribution in [1.82, 2.24) is 4.90 Å². The lowest BCUT2D eigenvalue weighted by Crippen LogP contribution is -2.34. The van der Waals surface area contributed by atoms with Gasteiger partial charge in [0.15, 0.2) is 0 Å². The molecule has 0 saturated carbocycles. The highest BCUT2D eigenvalue weighted by molar-refractivity contribution is 5.85. The topological polar surface area (TPSA) is 23.5 Å². The van der Waals surface area contributed by atoms with Gasteiger partial charge in [-0.25, -0.2) is 0 Å². The Morgan fingerprint density at radius 3 is 2.12 bits per heavy atom. The minimum absolute atomic E-state index is 0. The van der Waals surface area contributed by atoms with Crippen LogP contribution in [0.15, 0.2) is 0 Å². The van der Waals surface area contributed by atoms with Gasteiger partial charge in [0, 0.05) is 6.04 Å². The summed E-state index contributed by atoms with van der Waals surface area (Å²) in [6.07, 6.45) is 8.85. The summed E-state index contributed by atoms with van der Waals surface area (Å²) < 4.78 is 0. The van der Waals surface area contributed by atoms with Gasteiger partial charge >= 0.3 is 0 Å². The number of halogens is 1. The van der Waals surface area contributed by atoms with Crippen molar-refractivity contribution in [3.63, 3.8) is 0 Å². The van der Waals surface area contributed by atoms with Gasteiger partial charge in [0.05, 0.1) is 5.60 Å². The predicted octanol–water partition coefficient (Wildman–Crippen LogP) is 3.61. The van der Waals surface area contributed by atoms with Gasteiger partial charge in [0.1, 0.15) is 0 Å². The first-order chi connectivity index (χ1) is 7.49. The normalized spacial score (nSPS) is 20.5. The fourth-order valence-electron chi connectivity index (χ4n) is 2.55. The minimum Gasteiger partial charge on any atom is -0.390 e. The van der Waals surface area contributed by atoms with Crippen LogP contribution in [0.4, 0.5) is 0 Å². The first-order valence-corrected chi connectivity index (χ1v) is 6.95. The number of aliphatic hydroxyl groups is 1. The zero-order valence-corrected chi connectivity index (χ0v) is 12.6. The van der Waals surface area contributed by atoms with Crippen LogP contribution >= 0.6 is 12.4 Å². The molecule has 1 unspecified atom stereocenters. The molecule has 1 fully saturated rings. The van der Waals surface area contributed by atoms with Crippen molar-refractivity contribution < 1.29 is 5.11 Å². The smallest absolute Gasteiger partial charge is 0.0591 e. The molecule has 2 nitrogen and oxygen atoms in total. The summed E-state index contributed by atoms with van der Waals surface area (Å²) in [6, 6.07) is 0.695. The van der Waals surface area contributed by atoms with Crippen LogP contribution in [0.1, 0.15) is 65.7 Å². The summed E-state index contributed by atoms with van der Waals surface area (Å²) >= 11 is 0. The second-order valence-corrected chi connectivity index (χ2v) is 6.00. The molecule has 0 bridgehead atoms. The molecular weight excluding hydrogens is 234 g/mol. The van der Waals surface area contributed by atoms with Crippen LogP contribution in [-0.4, -0.2) is 34.7 Å². The Balaban J connectivity index is 0.00000256. The van der Waals surface area contributed by atoms with Crippen molar-refractivity contribution >= 4 is 12.4 Å². The standard InChI is InChI=1S/C14H29NO.ClH/c1-13(9-8-10-14(2,3)16)15-11-6-4-5-7-12-15;/h13,16H,4-12H2,1-3H3;1H. The molecule has 1 aliphatic heterocycles. The summed E-state index contributed by atoms with van der Waals surface area (Å²) in [6.45, 7) is 8.72. The predicted molar refractivity (Wildman–Crippen MR) is 76.9 cm³/mol. The van der Waals surface area contributed by atoms with Crippen molar-refractivity contribution in [2.75, 3.05) is 13.1 Å².